The first-order valence-electron chi connectivity index (χ1n) is 5.60. The van der Waals surface area contributed by atoms with Gasteiger partial charge >= 0.3 is 5.97 Å². The Labute approximate surface area is 109 Å². The van der Waals surface area contributed by atoms with Crippen LogP contribution in [0.15, 0.2) is 48.5 Å². The molecule has 0 saturated carbocycles. The number of rotatable bonds is 3. The van der Waals surface area contributed by atoms with Gasteiger partial charge in [-0.25, -0.2) is 4.79 Å². The first kappa shape index (κ1) is 12.7. The van der Waals surface area contributed by atoms with Crippen molar-refractivity contribution < 1.29 is 20.1 Å². The van der Waals surface area contributed by atoms with Gasteiger partial charge in [0.05, 0.1) is 0 Å². The van der Waals surface area contributed by atoms with Crippen molar-refractivity contribution >= 4 is 12.0 Å². The van der Waals surface area contributed by atoms with E-state index >= 15 is 0 Å². The molecule has 2 aromatic rings. The maximum absolute atomic E-state index is 10.5. The van der Waals surface area contributed by atoms with Gasteiger partial charge in [0.2, 0.25) is 0 Å². The Kier molecular flexibility index (Phi) is 3.52. The van der Waals surface area contributed by atoms with Crippen molar-refractivity contribution in [2.24, 2.45) is 0 Å². The van der Waals surface area contributed by atoms with Crippen molar-refractivity contribution in [3.8, 4) is 22.6 Å². The fourth-order valence-electron chi connectivity index (χ4n) is 1.77. The summed E-state index contributed by atoms with van der Waals surface area (Å²) in [6.45, 7) is 0. The number of hydrogen-bond acceptors (Lipinski definition) is 3. The second-order valence-electron chi connectivity index (χ2n) is 3.97. The number of carbonyl (C=O) groups is 1. The largest absolute Gasteiger partial charge is 0.508 e. The average Bonchev–Trinajstić information content (AvgIpc) is 2.40. The van der Waals surface area contributed by atoms with E-state index in [0.29, 0.717) is 5.56 Å². The first-order chi connectivity index (χ1) is 9.08. The third-order valence-electron chi connectivity index (χ3n) is 2.61. The molecule has 0 aliphatic heterocycles. The van der Waals surface area contributed by atoms with Gasteiger partial charge in [0.1, 0.15) is 11.5 Å². The van der Waals surface area contributed by atoms with Crippen LogP contribution in [0.1, 0.15) is 5.56 Å². The van der Waals surface area contributed by atoms with E-state index in [1.807, 2.05) is 18.2 Å². The fourth-order valence-corrected chi connectivity index (χ4v) is 1.77. The Hall–Kier alpha value is -2.75. The van der Waals surface area contributed by atoms with E-state index in [2.05, 4.69) is 0 Å². The molecule has 0 radical (unpaired) electrons. The summed E-state index contributed by atoms with van der Waals surface area (Å²) in [6, 6.07) is 11.8. The van der Waals surface area contributed by atoms with Crippen LogP contribution in [0.4, 0.5) is 0 Å². The Morgan fingerprint density at radius 2 is 1.74 bits per heavy atom. The van der Waals surface area contributed by atoms with Crippen molar-refractivity contribution in [3.05, 3.63) is 54.1 Å². The summed E-state index contributed by atoms with van der Waals surface area (Å²) in [7, 11) is 0. The van der Waals surface area contributed by atoms with Crippen LogP contribution in [0, 0.1) is 0 Å². The zero-order chi connectivity index (χ0) is 13.8. The number of aromatic hydroxyl groups is 2. The lowest BCUT2D eigenvalue weighted by atomic mass is 10.0. The number of hydrogen-bond donors (Lipinski definition) is 3. The normalized spacial score (nSPS) is 10.7. The molecule has 0 aromatic heterocycles. The van der Waals surface area contributed by atoms with Crippen LogP contribution in [0.25, 0.3) is 17.2 Å². The quantitative estimate of drug-likeness (QED) is 0.583. The van der Waals surface area contributed by atoms with Gasteiger partial charge in [-0.3, -0.25) is 0 Å². The molecule has 4 heteroatoms. The third kappa shape index (κ3) is 2.93. The molecule has 0 atom stereocenters. The van der Waals surface area contributed by atoms with Crippen molar-refractivity contribution in [3.63, 3.8) is 0 Å². The Bertz CT molecular complexity index is 630. The molecule has 0 aliphatic rings. The molecule has 2 aromatic carbocycles. The molecule has 0 unspecified atom stereocenters. The van der Waals surface area contributed by atoms with Crippen LogP contribution < -0.4 is 0 Å². The van der Waals surface area contributed by atoms with Crippen molar-refractivity contribution in [2.75, 3.05) is 0 Å². The number of carboxylic acid groups (broad SMARTS) is 1. The molecule has 0 aliphatic carbocycles. The molecule has 96 valence electrons. The second kappa shape index (κ2) is 5.27. The topological polar surface area (TPSA) is 77.8 Å². The van der Waals surface area contributed by atoms with Gasteiger partial charge in [0.25, 0.3) is 0 Å². The van der Waals surface area contributed by atoms with Gasteiger partial charge < -0.3 is 15.3 Å². The Morgan fingerprint density at radius 1 is 1.05 bits per heavy atom. The van der Waals surface area contributed by atoms with Crippen LogP contribution in [0.2, 0.25) is 0 Å². The minimum Gasteiger partial charge on any atom is -0.508 e. The number of benzene rings is 2. The van der Waals surface area contributed by atoms with E-state index < -0.39 is 5.97 Å². The molecule has 4 nitrogen and oxygen atoms in total. The predicted octanol–water partition coefficient (Wildman–Crippen LogP) is 2.86. The standard InChI is InChI=1S/C15H12O4/c16-12-8-11(6-7-14(17)18)15(19)13(9-12)10-4-2-1-3-5-10/h1-9,16,19H,(H,17,18)/b7-6+. The van der Waals surface area contributed by atoms with E-state index in [1.165, 1.54) is 18.2 Å². The lowest BCUT2D eigenvalue weighted by Gasteiger charge is -2.08. The highest BCUT2D eigenvalue weighted by atomic mass is 16.4. The minimum absolute atomic E-state index is 0.0401. The summed E-state index contributed by atoms with van der Waals surface area (Å²) in [4.78, 5) is 10.5. The van der Waals surface area contributed by atoms with Crippen LogP contribution in [0.5, 0.6) is 11.5 Å². The van der Waals surface area contributed by atoms with Gasteiger partial charge in [0, 0.05) is 17.2 Å². The fraction of sp³-hybridized carbons (Fsp3) is 0. The van der Waals surface area contributed by atoms with E-state index in [9.17, 15) is 15.0 Å². The summed E-state index contributed by atoms with van der Waals surface area (Å²) in [5.41, 5.74) is 1.44. The van der Waals surface area contributed by atoms with E-state index in [0.717, 1.165) is 11.6 Å². The smallest absolute Gasteiger partial charge is 0.328 e. The SMILES string of the molecule is O=C(O)/C=C/c1cc(O)cc(-c2ccccc2)c1O. The highest BCUT2D eigenvalue weighted by molar-refractivity contribution is 5.87. The Balaban J connectivity index is 2.55. The molecule has 19 heavy (non-hydrogen) atoms. The van der Waals surface area contributed by atoms with E-state index in [4.69, 9.17) is 5.11 Å². The summed E-state index contributed by atoms with van der Waals surface area (Å²) in [5.74, 6) is -1.23. The molecule has 0 spiro atoms. The number of aliphatic carboxylic acids is 1. The van der Waals surface area contributed by atoms with Crippen LogP contribution >= 0.6 is 0 Å². The van der Waals surface area contributed by atoms with Gasteiger partial charge in [-0.1, -0.05) is 30.3 Å². The number of carboxylic acids is 1. The first-order valence-corrected chi connectivity index (χ1v) is 5.60. The third-order valence-corrected chi connectivity index (χ3v) is 2.61. The zero-order valence-electron chi connectivity index (χ0n) is 9.95. The molecular formula is C15H12O4. The highest BCUT2D eigenvalue weighted by Crippen LogP contribution is 2.36. The van der Waals surface area contributed by atoms with Gasteiger partial charge in [-0.05, 0) is 23.8 Å². The lowest BCUT2D eigenvalue weighted by molar-refractivity contribution is -0.131. The molecule has 0 heterocycles. The lowest BCUT2D eigenvalue weighted by Crippen LogP contribution is -1.87. The van der Waals surface area contributed by atoms with Crippen LogP contribution in [-0.2, 0) is 4.79 Å². The summed E-state index contributed by atoms with van der Waals surface area (Å²) in [6.07, 6.45) is 2.15. The monoisotopic (exact) mass is 256 g/mol. The van der Waals surface area contributed by atoms with Crippen molar-refractivity contribution in [1.82, 2.24) is 0 Å². The maximum atomic E-state index is 10.5. The number of phenols is 2. The average molecular weight is 256 g/mol. The minimum atomic E-state index is -1.12. The van der Waals surface area contributed by atoms with Gasteiger partial charge in [-0.2, -0.15) is 0 Å². The highest BCUT2D eigenvalue weighted by Gasteiger charge is 2.10. The predicted molar refractivity (Wildman–Crippen MR) is 71.9 cm³/mol. The zero-order valence-corrected chi connectivity index (χ0v) is 9.95. The second-order valence-corrected chi connectivity index (χ2v) is 3.97. The molecule has 0 bridgehead atoms. The van der Waals surface area contributed by atoms with Gasteiger partial charge in [0.15, 0.2) is 0 Å². The molecule has 0 fully saturated rings. The summed E-state index contributed by atoms with van der Waals surface area (Å²) in [5, 5.41) is 28.4. The molecule has 0 amide bonds. The van der Waals surface area contributed by atoms with Gasteiger partial charge in [-0.15, -0.1) is 0 Å². The van der Waals surface area contributed by atoms with E-state index in [-0.39, 0.29) is 17.1 Å². The number of phenolic OH excluding ortho intramolecular Hbond substituents is 2. The molecule has 0 saturated heterocycles. The molecular weight excluding hydrogens is 244 g/mol. The van der Waals surface area contributed by atoms with Crippen molar-refractivity contribution in [2.45, 2.75) is 0 Å². The van der Waals surface area contributed by atoms with Crippen molar-refractivity contribution in [1.29, 1.82) is 0 Å². The maximum Gasteiger partial charge on any atom is 0.328 e. The molecule has 3 N–H and O–H groups in total. The Morgan fingerprint density at radius 3 is 2.37 bits per heavy atom. The molecule has 2 rings (SSSR count). The van der Waals surface area contributed by atoms with Crippen LogP contribution in [0.3, 0.4) is 0 Å². The van der Waals surface area contributed by atoms with E-state index in [1.54, 1.807) is 12.1 Å². The summed E-state index contributed by atoms with van der Waals surface area (Å²) < 4.78 is 0. The summed E-state index contributed by atoms with van der Waals surface area (Å²) >= 11 is 0. The van der Waals surface area contributed by atoms with Crippen LogP contribution in [-0.4, -0.2) is 21.3 Å².